The van der Waals surface area contributed by atoms with Crippen LogP contribution >= 0.6 is 0 Å². The van der Waals surface area contributed by atoms with Gasteiger partial charge in [0.05, 0.1) is 28.8 Å². The number of anilines is 1. The number of fused-ring (bicyclic) bond motifs is 2. The van der Waals surface area contributed by atoms with E-state index >= 15 is 0 Å². The van der Waals surface area contributed by atoms with Crippen LogP contribution in [0.15, 0.2) is 73.1 Å². The summed E-state index contributed by atoms with van der Waals surface area (Å²) in [6.45, 7) is 9.15. The third-order valence-corrected chi connectivity index (χ3v) is 8.36. The number of carbonyl (C=O) groups is 1. The second-order valence-corrected chi connectivity index (χ2v) is 12.9. The first-order chi connectivity index (χ1) is 22.2. The van der Waals surface area contributed by atoms with E-state index < -0.39 is 5.41 Å². The Bertz CT molecular complexity index is 2050. The van der Waals surface area contributed by atoms with Crippen molar-refractivity contribution < 1.29 is 13.9 Å². The molecule has 0 radical (unpaired) electrons. The van der Waals surface area contributed by atoms with E-state index in [1.807, 2.05) is 69.3 Å². The molecule has 0 saturated carbocycles. The highest BCUT2D eigenvalue weighted by molar-refractivity contribution is 6.01. The van der Waals surface area contributed by atoms with Crippen molar-refractivity contribution in [3.8, 4) is 39.5 Å². The third kappa shape index (κ3) is 6.08. The van der Waals surface area contributed by atoms with Crippen LogP contribution in [-0.4, -0.2) is 62.2 Å². The second-order valence-electron chi connectivity index (χ2n) is 12.9. The van der Waals surface area contributed by atoms with Crippen molar-refractivity contribution in [3.63, 3.8) is 0 Å². The predicted octanol–water partition coefficient (Wildman–Crippen LogP) is 7.43. The first kappa shape index (κ1) is 29.6. The molecule has 2 aromatic carbocycles. The van der Waals surface area contributed by atoms with Gasteiger partial charge in [-0.25, -0.2) is 9.37 Å². The molecule has 10 heteroatoms. The van der Waals surface area contributed by atoms with Crippen molar-refractivity contribution >= 4 is 33.5 Å². The second kappa shape index (κ2) is 12.0. The zero-order valence-corrected chi connectivity index (χ0v) is 26.2. The van der Waals surface area contributed by atoms with Gasteiger partial charge in [0, 0.05) is 40.7 Å². The van der Waals surface area contributed by atoms with Crippen LogP contribution < -0.4 is 10.1 Å². The SMILES string of the molecule is CC(C)(C)C(=O)Nc1cncc(-c2ccc3[nH]nc(-c4cc5c(-c6cc(F)cc(OCCN7CCCC7)c6)cccc5[nH]4)c3n2)c1. The minimum atomic E-state index is -0.532. The number of nitrogens with zero attached hydrogens (tertiary/aromatic N) is 4. The number of halogens is 1. The molecule has 5 heterocycles. The Morgan fingerprint density at radius 3 is 2.67 bits per heavy atom. The van der Waals surface area contributed by atoms with E-state index in [-0.39, 0.29) is 11.7 Å². The van der Waals surface area contributed by atoms with Gasteiger partial charge < -0.3 is 15.0 Å². The molecule has 1 fully saturated rings. The lowest BCUT2D eigenvalue weighted by molar-refractivity contribution is -0.123. The number of amides is 1. The van der Waals surface area contributed by atoms with Crippen LogP contribution in [-0.2, 0) is 4.79 Å². The first-order valence-electron chi connectivity index (χ1n) is 15.6. The maximum Gasteiger partial charge on any atom is 0.229 e. The number of aromatic nitrogens is 5. The van der Waals surface area contributed by atoms with Crippen LogP contribution in [0.5, 0.6) is 5.75 Å². The van der Waals surface area contributed by atoms with Crippen LogP contribution in [0.3, 0.4) is 0 Å². The largest absolute Gasteiger partial charge is 0.492 e. The van der Waals surface area contributed by atoms with Gasteiger partial charge in [-0.1, -0.05) is 32.9 Å². The molecule has 4 aromatic heterocycles. The monoisotopic (exact) mass is 617 g/mol. The van der Waals surface area contributed by atoms with Crippen molar-refractivity contribution in [1.29, 1.82) is 0 Å². The molecule has 6 aromatic rings. The highest BCUT2D eigenvalue weighted by Gasteiger charge is 2.22. The van der Waals surface area contributed by atoms with Gasteiger partial charge in [0.2, 0.25) is 5.91 Å². The molecule has 0 aliphatic carbocycles. The van der Waals surface area contributed by atoms with Crippen LogP contribution in [0.25, 0.3) is 55.7 Å². The zero-order valence-electron chi connectivity index (χ0n) is 26.2. The molecule has 7 rings (SSSR count). The van der Waals surface area contributed by atoms with Crippen LogP contribution in [0.4, 0.5) is 10.1 Å². The highest BCUT2D eigenvalue weighted by atomic mass is 19.1. The van der Waals surface area contributed by atoms with Gasteiger partial charge in [-0.2, -0.15) is 5.10 Å². The summed E-state index contributed by atoms with van der Waals surface area (Å²) < 4.78 is 20.8. The molecule has 0 atom stereocenters. The Kier molecular flexibility index (Phi) is 7.74. The van der Waals surface area contributed by atoms with E-state index in [0.717, 1.165) is 58.4 Å². The number of nitrogens with one attached hydrogen (secondary N) is 3. The van der Waals surface area contributed by atoms with E-state index in [4.69, 9.17) is 9.72 Å². The van der Waals surface area contributed by atoms with E-state index in [0.29, 0.717) is 34.9 Å². The number of rotatable bonds is 8. The van der Waals surface area contributed by atoms with Gasteiger partial charge in [0.25, 0.3) is 0 Å². The summed E-state index contributed by atoms with van der Waals surface area (Å²) in [5.74, 6) is 0.0891. The molecule has 1 saturated heterocycles. The Morgan fingerprint density at radius 1 is 1.00 bits per heavy atom. The van der Waals surface area contributed by atoms with Crippen LogP contribution in [0.1, 0.15) is 33.6 Å². The molecule has 9 nitrogen and oxygen atoms in total. The lowest BCUT2D eigenvalue weighted by Crippen LogP contribution is -2.27. The molecule has 1 aliphatic rings. The number of aromatic amines is 2. The fourth-order valence-corrected chi connectivity index (χ4v) is 5.85. The molecular formula is C36H36FN7O2. The normalized spacial score (nSPS) is 13.9. The quantitative estimate of drug-likeness (QED) is 0.164. The number of H-pyrrole nitrogens is 2. The smallest absolute Gasteiger partial charge is 0.229 e. The van der Waals surface area contributed by atoms with Gasteiger partial charge in [-0.15, -0.1) is 0 Å². The maximum atomic E-state index is 14.8. The number of carbonyl (C=O) groups excluding carboxylic acids is 1. The molecule has 234 valence electrons. The summed E-state index contributed by atoms with van der Waals surface area (Å²) in [5, 5.41) is 11.6. The summed E-state index contributed by atoms with van der Waals surface area (Å²) in [7, 11) is 0. The standard InChI is InChI=1S/C36H36FN7O2/c1-36(2,3)35(45)39-25-16-23(20-38-21-25)29-9-10-31-33(41-29)34(43-42-31)32-19-28-27(7-6-8-30(28)40-32)22-15-24(37)18-26(17-22)46-14-13-44-11-4-5-12-44/h6-10,15-21,40H,4-5,11-14H2,1-3H3,(H,39,45)(H,42,43). The number of pyridine rings is 2. The highest BCUT2D eigenvalue weighted by Crippen LogP contribution is 2.36. The van der Waals surface area contributed by atoms with Crippen molar-refractivity contribution in [3.05, 3.63) is 78.9 Å². The number of benzene rings is 2. The summed E-state index contributed by atoms with van der Waals surface area (Å²) >= 11 is 0. The fraction of sp³-hybridized carbons (Fsp3) is 0.278. The Balaban J connectivity index is 1.19. The summed E-state index contributed by atoms with van der Waals surface area (Å²) in [6, 6.07) is 18.5. The molecule has 46 heavy (non-hydrogen) atoms. The van der Waals surface area contributed by atoms with Gasteiger partial charge >= 0.3 is 0 Å². The van der Waals surface area contributed by atoms with Gasteiger partial charge in [-0.3, -0.25) is 19.8 Å². The number of likely N-dealkylation sites (tertiary alicyclic amines) is 1. The van der Waals surface area contributed by atoms with Crippen molar-refractivity contribution in [2.75, 3.05) is 31.6 Å². The van der Waals surface area contributed by atoms with Gasteiger partial charge in [-0.05, 0) is 79.5 Å². The van der Waals surface area contributed by atoms with Crippen LogP contribution in [0, 0.1) is 11.2 Å². The fourth-order valence-electron chi connectivity index (χ4n) is 5.85. The molecule has 1 aliphatic heterocycles. The first-order valence-corrected chi connectivity index (χ1v) is 15.6. The molecule has 0 spiro atoms. The van der Waals surface area contributed by atoms with E-state index in [1.165, 1.54) is 18.9 Å². The third-order valence-electron chi connectivity index (χ3n) is 8.36. The Labute approximate surface area is 266 Å². The molecular weight excluding hydrogens is 581 g/mol. The molecule has 0 bridgehead atoms. The van der Waals surface area contributed by atoms with Gasteiger partial charge in [0.1, 0.15) is 29.4 Å². The van der Waals surface area contributed by atoms with Crippen molar-refractivity contribution in [2.45, 2.75) is 33.6 Å². The Morgan fingerprint density at radius 2 is 1.85 bits per heavy atom. The van der Waals surface area contributed by atoms with Crippen molar-refractivity contribution in [1.82, 2.24) is 30.0 Å². The minimum absolute atomic E-state index is 0.0929. The lowest BCUT2D eigenvalue weighted by atomic mass is 9.95. The average molecular weight is 618 g/mol. The number of ether oxygens (including phenoxy) is 1. The zero-order chi connectivity index (χ0) is 31.8. The Hall–Kier alpha value is -5.09. The summed E-state index contributed by atoms with van der Waals surface area (Å²) in [6.07, 6.45) is 5.79. The van der Waals surface area contributed by atoms with E-state index in [9.17, 15) is 9.18 Å². The summed E-state index contributed by atoms with van der Waals surface area (Å²) in [4.78, 5) is 27.7. The average Bonchev–Trinajstić information content (AvgIpc) is 3.80. The predicted molar refractivity (Wildman–Crippen MR) is 179 cm³/mol. The van der Waals surface area contributed by atoms with E-state index in [2.05, 4.69) is 30.4 Å². The molecule has 0 unspecified atom stereocenters. The minimum Gasteiger partial charge on any atom is -0.492 e. The molecule has 1 amide bonds. The van der Waals surface area contributed by atoms with Crippen LogP contribution in [0.2, 0.25) is 0 Å². The lowest BCUT2D eigenvalue weighted by Gasteiger charge is -2.17. The topological polar surface area (TPSA) is 112 Å². The van der Waals surface area contributed by atoms with Crippen molar-refractivity contribution in [2.24, 2.45) is 5.41 Å². The maximum absolute atomic E-state index is 14.8. The number of hydrogen-bond acceptors (Lipinski definition) is 6. The molecule has 3 N–H and O–H groups in total. The van der Waals surface area contributed by atoms with E-state index in [1.54, 1.807) is 18.5 Å². The number of hydrogen-bond donors (Lipinski definition) is 3. The van der Waals surface area contributed by atoms with Gasteiger partial charge in [0.15, 0.2) is 0 Å². The summed E-state index contributed by atoms with van der Waals surface area (Å²) in [5.41, 5.74) is 6.97.